The van der Waals surface area contributed by atoms with E-state index in [4.69, 9.17) is 9.47 Å². The molecule has 0 fully saturated rings. The van der Waals surface area contributed by atoms with Gasteiger partial charge in [-0.15, -0.1) is 0 Å². The molecule has 1 unspecified atom stereocenters. The molecule has 0 saturated carbocycles. The normalized spacial score (nSPS) is 13.8. The van der Waals surface area contributed by atoms with Crippen LogP contribution in [0.3, 0.4) is 0 Å². The van der Waals surface area contributed by atoms with E-state index in [1.165, 1.54) is 57.8 Å². The topological polar surface area (TPSA) is 93.1 Å². The van der Waals surface area contributed by atoms with Crippen LogP contribution in [0.2, 0.25) is 0 Å². The molecule has 0 bridgehead atoms. The van der Waals surface area contributed by atoms with Gasteiger partial charge in [-0.25, -0.2) is 0 Å². The van der Waals surface area contributed by atoms with Gasteiger partial charge < -0.3 is 19.7 Å². The highest BCUT2D eigenvalue weighted by Crippen LogP contribution is 2.14. The smallest absolute Gasteiger partial charge is 0.305 e. The molecule has 6 heteroatoms. The minimum Gasteiger partial charge on any atom is -0.463 e. The van der Waals surface area contributed by atoms with Crippen LogP contribution in [0, 0.1) is 5.92 Å². The predicted molar refractivity (Wildman–Crippen MR) is 202 cm³/mol. The number of aliphatic hydroxyl groups is 2. The second-order valence-corrected chi connectivity index (χ2v) is 13.0. The maximum absolute atomic E-state index is 12.0. The summed E-state index contributed by atoms with van der Waals surface area (Å²) >= 11 is 0. The Bertz CT molecular complexity index is 926. The lowest BCUT2D eigenvalue weighted by atomic mass is 10.0. The quantitative estimate of drug-likeness (QED) is 0.0320. The SMILES string of the molecule is CC/C=C\C/C=C\C/C=C\C/C=C\C/C=C\C=C/C(O)CCC(=O)OC[C@@H](O)COC(=O)CCCCCCCCCCCCCC(C)C. The molecule has 0 saturated heterocycles. The Morgan fingerprint density at radius 1 is 0.542 bits per heavy atom. The van der Waals surface area contributed by atoms with E-state index in [-0.39, 0.29) is 32.0 Å². The van der Waals surface area contributed by atoms with Crippen molar-refractivity contribution in [3.8, 4) is 0 Å². The van der Waals surface area contributed by atoms with Crippen molar-refractivity contribution >= 4 is 11.9 Å². The summed E-state index contributed by atoms with van der Waals surface area (Å²) in [7, 11) is 0. The highest BCUT2D eigenvalue weighted by atomic mass is 16.6. The molecule has 2 N–H and O–H groups in total. The standard InChI is InChI=1S/C42H70O6/c1-4-5-6-7-8-9-10-11-12-13-14-17-20-23-26-29-32-39(43)34-35-42(46)48-37-40(44)36-47-41(45)33-30-27-24-21-18-15-16-19-22-25-28-31-38(2)3/h5-6,8-9,11-12,14,17,23,26,29,32,38-40,43-44H,4,7,10,13,15-16,18-22,24-25,27-28,30-31,33-37H2,1-3H3/b6-5-,9-8-,12-11-,17-14-,26-23-,32-29-/t39?,40-/m0/s1. The number of ether oxygens (including phenoxy) is 2. The van der Waals surface area contributed by atoms with E-state index in [2.05, 4.69) is 69.4 Å². The van der Waals surface area contributed by atoms with Gasteiger partial charge in [0.25, 0.3) is 0 Å². The van der Waals surface area contributed by atoms with E-state index >= 15 is 0 Å². The van der Waals surface area contributed by atoms with Crippen LogP contribution in [-0.4, -0.2) is 47.6 Å². The molecule has 0 rings (SSSR count). The van der Waals surface area contributed by atoms with Crippen LogP contribution in [0.15, 0.2) is 72.9 Å². The molecule has 0 aromatic heterocycles. The summed E-state index contributed by atoms with van der Waals surface area (Å²) in [6.07, 6.45) is 42.9. The van der Waals surface area contributed by atoms with Gasteiger partial charge in [-0.05, 0) is 50.9 Å². The van der Waals surface area contributed by atoms with Crippen molar-refractivity contribution in [2.75, 3.05) is 13.2 Å². The maximum atomic E-state index is 12.0. The number of carbonyl (C=O) groups is 2. The van der Waals surface area contributed by atoms with Crippen LogP contribution in [0.4, 0.5) is 0 Å². The second kappa shape index (κ2) is 35.6. The number of carbonyl (C=O) groups excluding carboxylic acids is 2. The van der Waals surface area contributed by atoms with Gasteiger partial charge >= 0.3 is 11.9 Å². The Morgan fingerprint density at radius 2 is 0.979 bits per heavy atom. The van der Waals surface area contributed by atoms with Gasteiger partial charge in [-0.1, -0.05) is 164 Å². The van der Waals surface area contributed by atoms with E-state index < -0.39 is 18.2 Å². The minimum absolute atomic E-state index is 0.0299. The number of unbranched alkanes of at least 4 members (excludes halogenated alkanes) is 10. The molecule has 2 atom stereocenters. The van der Waals surface area contributed by atoms with Crippen molar-refractivity contribution in [2.24, 2.45) is 5.92 Å². The van der Waals surface area contributed by atoms with E-state index in [9.17, 15) is 19.8 Å². The van der Waals surface area contributed by atoms with Gasteiger partial charge in [-0.2, -0.15) is 0 Å². The molecule has 0 aliphatic heterocycles. The third-order valence-corrected chi connectivity index (χ3v) is 7.75. The molecule has 0 heterocycles. The summed E-state index contributed by atoms with van der Waals surface area (Å²) in [5.74, 6) is -0.0204. The fourth-order valence-corrected chi connectivity index (χ4v) is 4.85. The molecule has 0 amide bonds. The highest BCUT2D eigenvalue weighted by molar-refractivity contribution is 5.69. The van der Waals surface area contributed by atoms with Crippen LogP contribution in [0.25, 0.3) is 0 Å². The van der Waals surface area contributed by atoms with Crippen molar-refractivity contribution in [2.45, 2.75) is 161 Å². The zero-order chi connectivity index (χ0) is 35.3. The summed E-state index contributed by atoms with van der Waals surface area (Å²) in [5.41, 5.74) is 0. The zero-order valence-corrected chi connectivity index (χ0v) is 30.7. The first kappa shape index (κ1) is 45.3. The van der Waals surface area contributed by atoms with Gasteiger partial charge in [0.15, 0.2) is 0 Å². The molecule has 0 aromatic rings. The van der Waals surface area contributed by atoms with Crippen LogP contribution < -0.4 is 0 Å². The average molecular weight is 671 g/mol. The fourth-order valence-electron chi connectivity index (χ4n) is 4.85. The second-order valence-electron chi connectivity index (χ2n) is 13.0. The van der Waals surface area contributed by atoms with Crippen molar-refractivity contribution in [3.05, 3.63) is 72.9 Å². The number of rotatable bonds is 32. The number of hydrogen-bond donors (Lipinski definition) is 2. The molecule has 0 aromatic carbocycles. The summed E-state index contributed by atoms with van der Waals surface area (Å²) in [5, 5.41) is 20.1. The summed E-state index contributed by atoms with van der Waals surface area (Å²) in [6, 6.07) is 0. The monoisotopic (exact) mass is 671 g/mol. The molecule has 6 nitrogen and oxygen atoms in total. The van der Waals surface area contributed by atoms with Crippen LogP contribution in [0.5, 0.6) is 0 Å². The lowest BCUT2D eigenvalue weighted by Gasteiger charge is -2.12. The Hall–Kier alpha value is -2.70. The molecule has 274 valence electrons. The predicted octanol–water partition coefficient (Wildman–Crippen LogP) is 10.6. The van der Waals surface area contributed by atoms with Crippen LogP contribution in [0.1, 0.15) is 149 Å². The molecule has 48 heavy (non-hydrogen) atoms. The number of esters is 2. The van der Waals surface area contributed by atoms with Crippen LogP contribution in [-0.2, 0) is 19.1 Å². The largest absolute Gasteiger partial charge is 0.463 e. The van der Waals surface area contributed by atoms with Crippen LogP contribution >= 0.6 is 0 Å². The molecule has 0 aliphatic rings. The van der Waals surface area contributed by atoms with E-state index in [1.54, 1.807) is 12.2 Å². The highest BCUT2D eigenvalue weighted by Gasteiger charge is 2.13. The van der Waals surface area contributed by atoms with Crippen molar-refractivity contribution < 1.29 is 29.3 Å². The lowest BCUT2D eigenvalue weighted by Crippen LogP contribution is -2.25. The van der Waals surface area contributed by atoms with Gasteiger partial charge in [0.1, 0.15) is 19.3 Å². The first-order valence-corrected chi connectivity index (χ1v) is 19.0. The number of hydrogen-bond acceptors (Lipinski definition) is 6. The first-order valence-electron chi connectivity index (χ1n) is 19.0. The summed E-state index contributed by atoms with van der Waals surface area (Å²) in [6.45, 7) is 6.29. The zero-order valence-electron chi connectivity index (χ0n) is 30.7. The lowest BCUT2D eigenvalue weighted by molar-refractivity contribution is -0.152. The molecule has 0 aliphatic carbocycles. The van der Waals surface area contributed by atoms with Gasteiger partial charge in [0.2, 0.25) is 0 Å². The van der Waals surface area contributed by atoms with Crippen molar-refractivity contribution in [3.63, 3.8) is 0 Å². The number of aliphatic hydroxyl groups excluding tert-OH is 2. The Kier molecular flexibility index (Phi) is 33.6. The van der Waals surface area contributed by atoms with Crippen molar-refractivity contribution in [1.82, 2.24) is 0 Å². The summed E-state index contributed by atoms with van der Waals surface area (Å²) < 4.78 is 10.2. The Morgan fingerprint density at radius 3 is 1.48 bits per heavy atom. The summed E-state index contributed by atoms with van der Waals surface area (Å²) in [4.78, 5) is 23.9. The minimum atomic E-state index is -1.06. The first-order chi connectivity index (χ1) is 23.3. The van der Waals surface area contributed by atoms with Gasteiger partial charge in [0, 0.05) is 12.8 Å². The molecule has 0 spiro atoms. The Labute approximate surface area is 294 Å². The third-order valence-electron chi connectivity index (χ3n) is 7.75. The average Bonchev–Trinajstić information content (AvgIpc) is 3.07. The third kappa shape index (κ3) is 36.1. The van der Waals surface area contributed by atoms with E-state index in [0.717, 1.165) is 57.3 Å². The molecular weight excluding hydrogens is 600 g/mol. The van der Waals surface area contributed by atoms with E-state index in [1.807, 2.05) is 12.2 Å². The van der Waals surface area contributed by atoms with Crippen molar-refractivity contribution in [1.29, 1.82) is 0 Å². The maximum Gasteiger partial charge on any atom is 0.305 e. The number of allylic oxidation sites excluding steroid dienone is 11. The van der Waals surface area contributed by atoms with Gasteiger partial charge in [-0.3, -0.25) is 9.59 Å². The molecule has 0 radical (unpaired) electrons. The van der Waals surface area contributed by atoms with E-state index in [0.29, 0.717) is 6.42 Å². The fraction of sp³-hybridized carbons (Fsp3) is 0.667. The Balaban J connectivity index is 3.71. The molecular formula is C42H70O6. The van der Waals surface area contributed by atoms with Gasteiger partial charge in [0.05, 0.1) is 6.10 Å².